The van der Waals surface area contributed by atoms with E-state index in [0.717, 1.165) is 42.5 Å². The van der Waals surface area contributed by atoms with Crippen molar-refractivity contribution in [1.82, 2.24) is 14.5 Å². The SMILES string of the molecule is COc1cc(C)ccc1S(=O)(=O)NCCn1nc2c(cc1=O)CCCC2. The van der Waals surface area contributed by atoms with Crippen LogP contribution < -0.4 is 15.0 Å². The number of nitrogens with one attached hydrogen (secondary N) is 1. The van der Waals surface area contributed by atoms with E-state index in [1.807, 2.05) is 6.92 Å². The van der Waals surface area contributed by atoms with Crippen LogP contribution in [-0.4, -0.2) is 31.9 Å². The van der Waals surface area contributed by atoms with Gasteiger partial charge in [-0.25, -0.2) is 17.8 Å². The number of benzene rings is 1. The van der Waals surface area contributed by atoms with Crippen LogP contribution >= 0.6 is 0 Å². The highest BCUT2D eigenvalue weighted by molar-refractivity contribution is 7.89. The van der Waals surface area contributed by atoms with E-state index in [1.54, 1.807) is 18.2 Å². The molecule has 0 spiro atoms. The summed E-state index contributed by atoms with van der Waals surface area (Å²) in [7, 11) is -2.30. The Morgan fingerprint density at radius 3 is 2.77 bits per heavy atom. The van der Waals surface area contributed by atoms with Crippen molar-refractivity contribution in [3.63, 3.8) is 0 Å². The summed E-state index contributed by atoms with van der Waals surface area (Å²) in [5.41, 5.74) is 2.67. The van der Waals surface area contributed by atoms with Crippen LogP contribution in [-0.2, 0) is 29.4 Å². The summed E-state index contributed by atoms with van der Waals surface area (Å²) in [6, 6.07) is 6.52. The van der Waals surface area contributed by atoms with Gasteiger partial charge in [0.1, 0.15) is 10.6 Å². The molecule has 8 heteroatoms. The summed E-state index contributed by atoms with van der Waals surface area (Å²) in [6.07, 6.45) is 3.90. The van der Waals surface area contributed by atoms with Crippen molar-refractivity contribution in [3.05, 3.63) is 51.4 Å². The standard InChI is InChI=1S/C18H23N3O4S/c1-13-7-8-17(16(11-13)25-2)26(23,24)19-9-10-21-18(22)12-14-5-3-4-6-15(14)20-21/h7-8,11-12,19H,3-6,9-10H2,1-2H3. The summed E-state index contributed by atoms with van der Waals surface area (Å²) in [6.45, 7) is 2.12. The second kappa shape index (κ2) is 7.59. The van der Waals surface area contributed by atoms with Gasteiger partial charge in [0.2, 0.25) is 10.0 Å². The number of aryl methyl sites for hydroxylation is 3. The van der Waals surface area contributed by atoms with Crippen molar-refractivity contribution >= 4 is 10.0 Å². The van der Waals surface area contributed by atoms with Crippen LogP contribution in [0.5, 0.6) is 5.75 Å². The number of hydrogen-bond acceptors (Lipinski definition) is 5. The third-order valence-electron chi connectivity index (χ3n) is 4.50. The Bertz CT molecular complexity index is 967. The molecule has 140 valence electrons. The molecule has 1 N–H and O–H groups in total. The summed E-state index contributed by atoms with van der Waals surface area (Å²) >= 11 is 0. The highest BCUT2D eigenvalue weighted by atomic mass is 32.2. The number of rotatable bonds is 6. The molecule has 0 radical (unpaired) electrons. The Morgan fingerprint density at radius 1 is 1.23 bits per heavy atom. The first-order chi connectivity index (χ1) is 12.4. The number of fused-ring (bicyclic) bond motifs is 1. The van der Waals surface area contributed by atoms with Crippen LogP contribution in [0.3, 0.4) is 0 Å². The van der Waals surface area contributed by atoms with Crippen molar-refractivity contribution < 1.29 is 13.2 Å². The molecule has 26 heavy (non-hydrogen) atoms. The molecule has 0 amide bonds. The van der Waals surface area contributed by atoms with E-state index in [1.165, 1.54) is 17.9 Å². The molecule has 0 saturated carbocycles. The van der Waals surface area contributed by atoms with Gasteiger partial charge in [-0.1, -0.05) is 6.07 Å². The highest BCUT2D eigenvalue weighted by Gasteiger charge is 2.19. The van der Waals surface area contributed by atoms with Crippen molar-refractivity contribution in [2.24, 2.45) is 0 Å². The van der Waals surface area contributed by atoms with Crippen LogP contribution in [0, 0.1) is 6.92 Å². The summed E-state index contributed by atoms with van der Waals surface area (Å²) in [5, 5.41) is 4.40. The van der Waals surface area contributed by atoms with Gasteiger partial charge in [0, 0.05) is 12.6 Å². The Labute approximate surface area is 153 Å². The highest BCUT2D eigenvalue weighted by Crippen LogP contribution is 2.24. The third kappa shape index (κ3) is 3.96. The summed E-state index contributed by atoms with van der Waals surface area (Å²) in [5.74, 6) is 0.293. The lowest BCUT2D eigenvalue weighted by molar-refractivity contribution is 0.402. The van der Waals surface area contributed by atoms with Crippen molar-refractivity contribution in [1.29, 1.82) is 0 Å². The molecular formula is C18H23N3O4S. The lowest BCUT2D eigenvalue weighted by atomic mass is 9.97. The maximum Gasteiger partial charge on any atom is 0.267 e. The van der Waals surface area contributed by atoms with Gasteiger partial charge in [-0.3, -0.25) is 4.79 Å². The fourth-order valence-electron chi connectivity index (χ4n) is 3.12. The lowest BCUT2D eigenvalue weighted by Gasteiger charge is -2.16. The maximum absolute atomic E-state index is 12.5. The number of aromatic nitrogens is 2. The molecule has 1 aromatic heterocycles. The topological polar surface area (TPSA) is 90.3 Å². The first-order valence-electron chi connectivity index (χ1n) is 8.65. The first kappa shape index (κ1) is 18.6. The Kier molecular flexibility index (Phi) is 5.43. The van der Waals surface area contributed by atoms with Gasteiger partial charge in [0.05, 0.1) is 19.3 Å². The van der Waals surface area contributed by atoms with Gasteiger partial charge in [-0.2, -0.15) is 5.10 Å². The predicted octanol–water partition coefficient (Wildman–Crippen LogP) is 1.42. The normalized spacial score (nSPS) is 14.1. The molecule has 0 fully saturated rings. The molecule has 0 atom stereocenters. The molecule has 0 aliphatic heterocycles. The fourth-order valence-corrected chi connectivity index (χ4v) is 4.29. The fraction of sp³-hybridized carbons (Fsp3) is 0.444. The number of nitrogens with zero attached hydrogens (tertiary/aromatic N) is 2. The van der Waals surface area contributed by atoms with Gasteiger partial charge < -0.3 is 4.74 Å². The summed E-state index contributed by atoms with van der Waals surface area (Å²) < 4.78 is 34.1. The monoisotopic (exact) mass is 377 g/mol. The van der Waals surface area contributed by atoms with E-state index in [0.29, 0.717) is 5.75 Å². The average molecular weight is 377 g/mol. The Balaban J connectivity index is 1.72. The first-order valence-corrected chi connectivity index (χ1v) is 10.1. The molecule has 2 aromatic rings. The average Bonchev–Trinajstić information content (AvgIpc) is 2.61. The van der Waals surface area contributed by atoms with Crippen LogP contribution in [0.2, 0.25) is 0 Å². The van der Waals surface area contributed by atoms with Crippen molar-refractivity contribution in [2.45, 2.75) is 44.0 Å². The zero-order valence-corrected chi connectivity index (χ0v) is 15.8. The minimum absolute atomic E-state index is 0.0745. The molecule has 1 heterocycles. The van der Waals surface area contributed by atoms with E-state index in [9.17, 15) is 13.2 Å². The van der Waals surface area contributed by atoms with E-state index in [-0.39, 0.29) is 23.5 Å². The molecule has 3 rings (SSSR count). The number of ether oxygens (including phenoxy) is 1. The molecule has 1 aliphatic rings. The van der Waals surface area contributed by atoms with E-state index >= 15 is 0 Å². The van der Waals surface area contributed by atoms with Crippen molar-refractivity contribution in [2.75, 3.05) is 13.7 Å². The van der Waals surface area contributed by atoms with Gasteiger partial charge in [0.25, 0.3) is 5.56 Å². The van der Waals surface area contributed by atoms with Crippen LogP contribution in [0.15, 0.2) is 34.0 Å². The smallest absolute Gasteiger partial charge is 0.267 e. The molecule has 1 aromatic carbocycles. The molecule has 7 nitrogen and oxygen atoms in total. The zero-order valence-electron chi connectivity index (χ0n) is 15.0. The van der Waals surface area contributed by atoms with Crippen LogP contribution in [0.4, 0.5) is 0 Å². The molecular weight excluding hydrogens is 354 g/mol. The molecule has 0 unspecified atom stereocenters. The van der Waals surface area contributed by atoms with Crippen LogP contribution in [0.1, 0.15) is 29.7 Å². The Morgan fingerprint density at radius 2 is 2.00 bits per heavy atom. The largest absolute Gasteiger partial charge is 0.495 e. The zero-order chi connectivity index (χ0) is 18.7. The minimum atomic E-state index is -3.74. The predicted molar refractivity (Wildman–Crippen MR) is 98.1 cm³/mol. The van der Waals surface area contributed by atoms with Gasteiger partial charge >= 0.3 is 0 Å². The second-order valence-electron chi connectivity index (χ2n) is 6.44. The van der Waals surface area contributed by atoms with Crippen molar-refractivity contribution in [3.8, 4) is 5.75 Å². The second-order valence-corrected chi connectivity index (χ2v) is 8.17. The Hall–Kier alpha value is -2.19. The lowest BCUT2D eigenvalue weighted by Crippen LogP contribution is -2.33. The van der Waals surface area contributed by atoms with Gasteiger partial charge in [0.15, 0.2) is 0 Å². The summed E-state index contributed by atoms with van der Waals surface area (Å²) in [4.78, 5) is 12.2. The van der Waals surface area contributed by atoms with Crippen LogP contribution in [0.25, 0.3) is 0 Å². The third-order valence-corrected chi connectivity index (χ3v) is 6.00. The maximum atomic E-state index is 12.5. The molecule has 0 saturated heterocycles. The van der Waals surface area contributed by atoms with Gasteiger partial charge in [-0.15, -0.1) is 0 Å². The van der Waals surface area contributed by atoms with E-state index in [2.05, 4.69) is 9.82 Å². The number of methoxy groups -OCH3 is 1. The molecule has 0 bridgehead atoms. The van der Waals surface area contributed by atoms with E-state index in [4.69, 9.17) is 4.74 Å². The number of sulfonamides is 1. The molecule has 1 aliphatic carbocycles. The van der Waals surface area contributed by atoms with Gasteiger partial charge in [-0.05, 0) is 55.9 Å². The quantitative estimate of drug-likeness (QED) is 0.822. The minimum Gasteiger partial charge on any atom is -0.495 e. The number of hydrogen-bond donors (Lipinski definition) is 1. The van der Waals surface area contributed by atoms with E-state index < -0.39 is 10.0 Å².